The lowest BCUT2D eigenvalue weighted by molar-refractivity contribution is 0.471. The molecule has 0 amide bonds. The molecule has 3 heteroatoms. The third kappa shape index (κ3) is 2.97. The molecule has 0 spiro atoms. The maximum atomic E-state index is 12.7. The average Bonchev–Trinajstić information content (AvgIpc) is 2.33. The Labute approximate surface area is 99.7 Å². The summed E-state index contributed by atoms with van der Waals surface area (Å²) in [5.74, 6) is 0.0616. The first kappa shape index (κ1) is 11.5. The van der Waals surface area contributed by atoms with Gasteiger partial charge in [0.1, 0.15) is 11.6 Å². The molecule has 0 aromatic heterocycles. The Hall–Kier alpha value is -2.03. The van der Waals surface area contributed by atoms with Crippen molar-refractivity contribution in [1.29, 1.82) is 0 Å². The van der Waals surface area contributed by atoms with E-state index in [1.54, 1.807) is 18.2 Å². The van der Waals surface area contributed by atoms with E-state index in [1.165, 1.54) is 12.1 Å². The van der Waals surface area contributed by atoms with Crippen LogP contribution in [0.15, 0.2) is 42.5 Å². The van der Waals surface area contributed by atoms with Gasteiger partial charge in [-0.25, -0.2) is 4.39 Å². The molecule has 0 bridgehead atoms. The molecule has 2 nitrogen and oxygen atoms in total. The van der Waals surface area contributed by atoms with Gasteiger partial charge < -0.3 is 10.4 Å². The first-order valence-corrected chi connectivity index (χ1v) is 5.43. The van der Waals surface area contributed by atoms with E-state index in [0.29, 0.717) is 6.54 Å². The van der Waals surface area contributed by atoms with E-state index in [4.69, 9.17) is 0 Å². The molecule has 2 aromatic rings. The zero-order chi connectivity index (χ0) is 12.3. The van der Waals surface area contributed by atoms with Gasteiger partial charge in [0, 0.05) is 12.2 Å². The van der Waals surface area contributed by atoms with Crippen LogP contribution in [0.3, 0.4) is 0 Å². The SMILES string of the molecule is Cc1cc(NCc2ccc(F)cc2)ccc1O. The van der Waals surface area contributed by atoms with Crippen LogP contribution in [0.4, 0.5) is 10.1 Å². The van der Waals surface area contributed by atoms with E-state index in [1.807, 2.05) is 19.1 Å². The summed E-state index contributed by atoms with van der Waals surface area (Å²) < 4.78 is 12.7. The number of hydrogen-bond acceptors (Lipinski definition) is 2. The molecule has 0 unspecified atom stereocenters. The standard InChI is InChI=1S/C14H14FNO/c1-10-8-13(6-7-14(10)17)16-9-11-2-4-12(15)5-3-11/h2-8,16-17H,9H2,1H3. The normalized spacial score (nSPS) is 10.2. The Balaban J connectivity index is 2.02. The molecule has 0 saturated carbocycles. The van der Waals surface area contributed by atoms with Gasteiger partial charge in [0.05, 0.1) is 0 Å². The summed E-state index contributed by atoms with van der Waals surface area (Å²) >= 11 is 0. The minimum atomic E-state index is -0.228. The van der Waals surface area contributed by atoms with E-state index in [0.717, 1.165) is 16.8 Å². The lowest BCUT2D eigenvalue weighted by Crippen LogP contribution is -1.99. The van der Waals surface area contributed by atoms with E-state index in [-0.39, 0.29) is 11.6 Å². The topological polar surface area (TPSA) is 32.3 Å². The minimum Gasteiger partial charge on any atom is -0.508 e. The number of phenols is 1. The third-order valence-electron chi connectivity index (χ3n) is 2.61. The number of aromatic hydroxyl groups is 1. The van der Waals surface area contributed by atoms with Crippen molar-refractivity contribution in [3.63, 3.8) is 0 Å². The van der Waals surface area contributed by atoms with E-state index in [9.17, 15) is 9.50 Å². The van der Waals surface area contributed by atoms with Crippen molar-refractivity contribution < 1.29 is 9.50 Å². The quantitative estimate of drug-likeness (QED) is 0.793. The zero-order valence-corrected chi connectivity index (χ0v) is 9.57. The smallest absolute Gasteiger partial charge is 0.123 e. The fourth-order valence-corrected chi connectivity index (χ4v) is 1.57. The Morgan fingerprint density at radius 1 is 1.12 bits per heavy atom. The Morgan fingerprint density at radius 3 is 2.47 bits per heavy atom. The van der Waals surface area contributed by atoms with Crippen molar-refractivity contribution in [2.75, 3.05) is 5.32 Å². The average molecular weight is 231 g/mol. The highest BCUT2D eigenvalue weighted by Gasteiger charge is 1.98. The summed E-state index contributed by atoms with van der Waals surface area (Å²) in [6, 6.07) is 11.7. The molecule has 0 fully saturated rings. The number of phenolic OH excluding ortho intramolecular Hbond substituents is 1. The monoisotopic (exact) mass is 231 g/mol. The predicted octanol–water partition coefficient (Wildman–Crippen LogP) is 3.45. The molecule has 2 N–H and O–H groups in total. The molecule has 0 radical (unpaired) electrons. The molecule has 17 heavy (non-hydrogen) atoms. The van der Waals surface area contributed by atoms with E-state index >= 15 is 0 Å². The lowest BCUT2D eigenvalue weighted by atomic mass is 10.2. The van der Waals surface area contributed by atoms with Gasteiger partial charge in [-0.1, -0.05) is 12.1 Å². The lowest BCUT2D eigenvalue weighted by Gasteiger charge is -2.08. The van der Waals surface area contributed by atoms with Crippen LogP contribution in [-0.4, -0.2) is 5.11 Å². The van der Waals surface area contributed by atoms with Crippen molar-refractivity contribution in [2.45, 2.75) is 13.5 Å². The molecule has 0 heterocycles. The van der Waals surface area contributed by atoms with Crippen LogP contribution in [-0.2, 0) is 6.54 Å². The van der Waals surface area contributed by atoms with Gasteiger partial charge >= 0.3 is 0 Å². The van der Waals surface area contributed by atoms with Crippen LogP contribution in [0.25, 0.3) is 0 Å². The predicted molar refractivity (Wildman–Crippen MR) is 66.6 cm³/mol. The summed E-state index contributed by atoms with van der Waals surface area (Å²) in [6.45, 7) is 2.48. The maximum absolute atomic E-state index is 12.7. The van der Waals surface area contributed by atoms with Crippen molar-refractivity contribution in [3.05, 3.63) is 59.4 Å². The molecular formula is C14H14FNO. The van der Waals surface area contributed by atoms with Crippen LogP contribution in [0, 0.1) is 12.7 Å². The summed E-state index contributed by atoms with van der Waals surface area (Å²) in [5.41, 5.74) is 2.77. The van der Waals surface area contributed by atoms with Crippen molar-refractivity contribution >= 4 is 5.69 Å². The molecular weight excluding hydrogens is 217 g/mol. The van der Waals surface area contributed by atoms with Gasteiger partial charge in [0.15, 0.2) is 0 Å². The number of rotatable bonds is 3. The number of benzene rings is 2. The zero-order valence-electron chi connectivity index (χ0n) is 9.57. The molecule has 0 aliphatic carbocycles. The summed E-state index contributed by atoms with van der Waals surface area (Å²) in [5, 5.41) is 12.6. The number of halogens is 1. The highest BCUT2D eigenvalue weighted by Crippen LogP contribution is 2.20. The molecule has 88 valence electrons. The third-order valence-corrected chi connectivity index (χ3v) is 2.61. The first-order valence-electron chi connectivity index (χ1n) is 5.43. The van der Waals surface area contributed by atoms with Crippen LogP contribution in [0.5, 0.6) is 5.75 Å². The Kier molecular flexibility index (Phi) is 3.28. The van der Waals surface area contributed by atoms with Gasteiger partial charge in [-0.05, 0) is 48.4 Å². The van der Waals surface area contributed by atoms with Crippen LogP contribution >= 0.6 is 0 Å². The summed E-state index contributed by atoms with van der Waals surface area (Å²) in [4.78, 5) is 0. The molecule has 0 aliphatic rings. The number of hydrogen-bond donors (Lipinski definition) is 2. The van der Waals surface area contributed by atoms with Gasteiger partial charge in [-0.2, -0.15) is 0 Å². The Bertz CT molecular complexity index is 508. The molecule has 0 atom stereocenters. The van der Waals surface area contributed by atoms with Gasteiger partial charge in [-0.15, -0.1) is 0 Å². The van der Waals surface area contributed by atoms with Crippen LogP contribution < -0.4 is 5.32 Å². The molecule has 2 rings (SSSR count). The fourth-order valence-electron chi connectivity index (χ4n) is 1.57. The largest absolute Gasteiger partial charge is 0.508 e. The summed E-state index contributed by atoms with van der Waals surface area (Å²) in [6.07, 6.45) is 0. The second kappa shape index (κ2) is 4.87. The summed E-state index contributed by atoms with van der Waals surface area (Å²) in [7, 11) is 0. The Morgan fingerprint density at radius 2 is 1.82 bits per heavy atom. The highest BCUT2D eigenvalue weighted by atomic mass is 19.1. The number of aryl methyl sites for hydroxylation is 1. The van der Waals surface area contributed by atoms with Crippen LogP contribution in [0.1, 0.15) is 11.1 Å². The first-order chi connectivity index (χ1) is 8.15. The second-order valence-electron chi connectivity index (χ2n) is 3.98. The van der Waals surface area contributed by atoms with Gasteiger partial charge in [-0.3, -0.25) is 0 Å². The van der Waals surface area contributed by atoms with Crippen molar-refractivity contribution in [1.82, 2.24) is 0 Å². The second-order valence-corrected chi connectivity index (χ2v) is 3.98. The highest BCUT2D eigenvalue weighted by molar-refractivity contribution is 5.50. The van der Waals surface area contributed by atoms with Gasteiger partial charge in [0.2, 0.25) is 0 Å². The van der Waals surface area contributed by atoms with Crippen molar-refractivity contribution in [3.8, 4) is 5.75 Å². The van der Waals surface area contributed by atoms with Crippen LogP contribution in [0.2, 0.25) is 0 Å². The van der Waals surface area contributed by atoms with E-state index in [2.05, 4.69) is 5.32 Å². The number of nitrogens with one attached hydrogen (secondary N) is 1. The van der Waals surface area contributed by atoms with E-state index < -0.39 is 0 Å². The molecule has 2 aromatic carbocycles. The molecule has 0 aliphatic heterocycles. The molecule has 0 saturated heterocycles. The maximum Gasteiger partial charge on any atom is 0.123 e. The number of anilines is 1. The minimum absolute atomic E-state index is 0.228. The van der Waals surface area contributed by atoms with Gasteiger partial charge in [0.25, 0.3) is 0 Å². The van der Waals surface area contributed by atoms with Crippen molar-refractivity contribution in [2.24, 2.45) is 0 Å². The fraction of sp³-hybridized carbons (Fsp3) is 0.143.